The second-order valence-corrected chi connectivity index (χ2v) is 9.54. The summed E-state index contributed by atoms with van der Waals surface area (Å²) in [4.78, 5) is 16.6. The van der Waals surface area contributed by atoms with Gasteiger partial charge in [0.1, 0.15) is 12.4 Å². The van der Waals surface area contributed by atoms with E-state index in [1.54, 1.807) is 5.38 Å². The Morgan fingerprint density at radius 2 is 1.86 bits per heavy atom. The standard InChI is InChI=1S/C26H20BrF3N4O2S/c27-20-10-8-17(9-11-20)15-36-23-7-2-1-4-18(23)14-31-34-24(35)13-22-16-37-25(33-22)32-21-6-3-5-19(12-21)26(28,29)30/h1-12,14,16H,13,15H2,(H,32,33)(H,34,35)/b31-14-. The number of anilines is 2. The maximum Gasteiger partial charge on any atom is 0.416 e. The van der Waals surface area contributed by atoms with Crippen LogP contribution in [0.15, 0.2) is 87.8 Å². The van der Waals surface area contributed by atoms with E-state index in [9.17, 15) is 18.0 Å². The molecule has 0 bridgehead atoms. The van der Waals surface area contributed by atoms with Crippen molar-refractivity contribution in [1.29, 1.82) is 0 Å². The number of para-hydroxylation sites is 1. The van der Waals surface area contributed by atoms with Crippen LogP contribution in [0.2, 0.25) is 0 Å². The van der Waals surface area contributed by atoms with Gasteiger partial charge in [-0.15, -0.1) is 11.3 Å². The highest BCUT2D eigenvalue weighted by Crippen LogP contribution is 2.31. The van der Waals surface area contributed by atoms with Crippen LogP contribution in [0.3, 0.4) is 0 Å². The molecule has 0 saturated carbocycles. The molecule has 6 nitrogen and oxygen atoms in total. The van der Waals surface area contributed by atoms with Gasteiger partial charge in [0.15, 0.2) is 5.13 Å². The molecule has 0 atom stereocenters. The first-order valence-corrected chi connectivity index (χ1v) is 12.6. The SMILES string of the molecule is O=C(Cc1csc(Nc2cccc(C(F)(F)F)c2)n1)N/N=C\c1ccccc1OCc1ccc(Br)cc1. The molecule has 0 fully saturated rings. The quantitative estimate of drug-likeness (QED) is 0.164. The molecule has 0 aliphatic rings. The van der Waals surface area contributed by atoms with Crippen molar-refractivity contribution in [3.05, 3.63) is 105 Å². The Labute approximate surface area is 223 Å². The number of hydrazone groups is 1. The van der Waals surface area contributed by atoms with Crippen LogP contribution in [0.5, 0.6) is 5.75 Å². The van der Waals surface area contributed by atoms with Crippen LogP contribution in [0.25, 0.3) is 0 Å². The second kappa shape index (κ2) is 12.0. The van der Waals surface area contributed by atoms with Gasteiger partial charge in [-0.2, -0.15) is 18.3 Å². The molecule has 3 aromatic carbocycles. The van der Waals surface area contributed by atoms with Crippen molar-refractivity contribution in [2.45, 2.75) is 19.2 Å². The number of hydrogen-bond donors (Lipinski definition) is 2. The predicted molar refractivity (Wildman–Crippen MR) is 141 cm³/mol. The average molecular weight is 589 g/mol. The zero-order valence-electron chi connectivity index (χ0n) is 19.1. The van der Waals surface area contributed by atoms with E-state index in [1.165, 1.54) is 29.7 Å². The number of rotatable bonds is 9. The lowest BCUT2D eigenvalue weighted by molar-refractivity contribution is -0.137. The predicted octanol–water partition coefficient (Wildman–Crippen LogP) is 6.94. The second-order valence-electron chi connectivity index (χ2n) is 7.77. The molecule has 0 radical (unpaired) electrons. The molecule has 0 aliphatic carbocycles. The molecule has 4 aromatic rings. The Balaban J connectivity index is 1.30. The number of aromatic nitrogens is 1. The number of nitrogens with zero attached hydrogens (tertiary/aromatic N) is 2. The van der Waals surface area contributed by atoms with Crippen molar-refractivity contribution in [1.82, 2.24) is 10.4 Å². The molecule has 190 valence electrons. The maximum atomic E-state index is 12.9. The zero-order chi connectivity index (χ0) is 26.3. The molecular weight excluding hydrogens is 569 g/mol. The summed E-state index contributed by atoms with van der Waals surface area (Å²) in [5.41, 5.74) is 4.12. The van der Waals surface area contributed by atoms with E-state index in [1.807, 2.05) is 48.5 Å². The zero-order valence-corrected chi connectivity index (χ0v) is 21.5. The third kappa shape index (κ3) is 7.89. The lowest BCUT2D eigenvalue weighted by Crippen LogP contribution is -2.20. The van der Waals surface area contributed by atoms with E-state index < -0.39 is 11.7 Å². The number of thiazole rings is 1. The fourth-order valence-corrected chi connectivity index (χ4v) is 4.18. The van der Waals surface area contributed by atoms with Crippen molar-refractivity contribution >= 4 is 50.2 Å². The summed E-state index contributed by atoms with van der Waals surface area (Å²) in [6.45, 7) is 0.380. The number of amides is 1. The molecule has 0 unspecified atom stereocenters. The fourth-order valence-electron chi connectivity index (χ4n) is 3.18. The molecule has 4 rings (SSSR count). The molecular formula is C26H20BrF3N4O2S. The third-order valence-electron chi connectivity index (χ3n) is 4.95. The topological polar surface area (TPSA) is 75.6 Å². The van der Waals surface area contributed by atoms with E-state index in [4.69, 9.17) is 4.74 Å². The van der Waals surface area contributed by atoms with Gasteiger partial charge in [0, 0.05) is 21.1 Å². The number of benzene rings is 3. The number of carbonyl (C=O) groups excluding carboxylic acids is 1. The largest absolute Gasteiger partial charge is 0.488 e. The van der Waals surface area contributed by atoms with Crippen LogP contribution >= 0.6 is 27.3 Å². The summed E-state index contributed by atoms with van der Waals surface area (Å²) in [5.74, 6) is 0.230. The smallest absolute Gasteiger partial charge is 0.416 e. The van der Waals surface area contributed by atoms with Crippen molar-refractivity contribution in [3.63, 3.8) is 0 Å². The first kappa shape index (κ1) is 26.4. The van der Waals surface area contributed by atoms with Crippen LogP contribution in [0, 0.1) is 0 Å². The van der Waals surface area contributed by atoms with Crippen molar-refractivity contribution in [2.75, 3.05) is 5.32 Å². The van der Waals surface area contributed by atoms with Crippen molar-refractivity contribution < 1.29 is 22.7 Å². The summed E-state index contributed by atoms with van der Waals surface area (Å²) in [7, 11) is 0. The Morgan fingerprint density at radius 3 is 2.65 bits per heavy atom. The highest BCUT2D eigenvalue weighted by Gasteiger charge is 2.30. The van der Waals surface area contributed by atoms with Crippen LogP contribution in [0.4, 0.5) is 24.0 Å². The highest BCUT2D eigenvalue weighted by atomic mass is 79.9. The van der Waals surface area contributed by atoms with E-state index in [2.05, 4.69) is 36.8 Å². The van der Waals surface area contributed by atoms with Gasteiger partial charge in [-0.1, -0.05) is 46.3 Å². The Kier molecular flexibility index (Phi) is 8.57. The van der Waals surface area contributed by atoms with Crippen molar-refractivity contribution in [3.8, 4) is 5.75 Å². The normalized spacial score (nSPS) is 11.5. The Morgan fingerprint density at radius 1 is 1.08 bits per heavy atom. The number of hydrogen-bond acceptors (Lipinski definition) is 6. The highest BCUT2D eigenvalue weighted by molar-refractivity contribution is 9.10. The number of ether oxygens (including phenoxy) is 1. The van der Waals surface area contributed by atoms with E-state index in [0.717, 1.165) is 22.2 Å². The number of nitrogens with one attached hydrogen (secondary N) is 2. The molecule has 11 heteroatoms. The number of carbonyl (C=O) groups is 1. The lowest BCUT2D eigenvalue weighted by atomic mass is 10.2. The molecule has 37 heavy (non-hydrogen) atoms. The third-order valence-corrected chi connectivity index (χ3v) is 6.29. The van der Waals surface area contributed by atoms with Crippen LogP contribution in [-0.2, 0) is 24.0 Å². The summed E-state index contributed by atoms with van der Waals surface area (Å²) in [6, 6.07) is 19.9. The molecule has 1 heterocycles. The van der Waals surface area contributed by atoms with Gasteiger partial charge in [-0.05, 0) is 48.0 Å². The first-order chi connectivity index (χ1) is 17.8. The average Bonchev–Trinajstić information content (AvgIpc) is 3.30. The number of halogens is 4. The van der Waals surface area contributed by atoms with Gasteiger partial charge in [0.25, 0.3) is 0 Å². The van der Waals surface area contributed by atoms with Gasteiger partial charge >= 0.3 is 6.18 Å². The van der Waals surface area contributed by atoms with Gasteiger partial charge in [-0.25, -0.2) is 10.4 Å². The van der Waals surface area contributed by atoms with E-state index in [0.29, 0.717) is 28.7 Å². The van der Waals surface area contributed by atoms with Crippen LogP contribution < -0.4 is 15.5 Å². The molecule has 0 aliphatic heterocycles. The minimum absolute atomic E-state index is 0.0418. The van der Waals surface area contributed by atoms with Gasteiger partial charge < -0.3 is 10.1 Å². The van der Waals surface area contributed by atoms with Gasteiger partial charge in [0.2, 0.25) is 5.91 Å². The maximum absolute atomic E-state index is 12.9. The Bertz CT molecular complexity index is 1390. The summed E-state index contributed by atoms with van der Waals surface area (Å²) >= 11 is 4.59. The molecule has 1 amide bonds. The summed E-state index contributed by atoms with van der Waals surface area (Å²) in [6.07, 6.45) is -2.98. The minimum atomic E-state index is -4.43. The van der Waals surface area contributed by atoms with Crippen LogP contribution in [-0.4, -0.2) is 17.1 Å². The lowest BCUT2D eigenvalue weighted by Gasteiger charge is -2.09. The molecule has 1 aromatic heterocycles. The Hall–Kier alpha value is -3.70. The molecule has 2 N–H and O–H groups in total. The van der Waals surface area contributed by atoms with Crippen LogP contribution in [0.1, 0.15) is 22.4 Å². The van der Waals surface area contributed by atoms with Gasteiger partial charge in [-0.3, -0.25) is 4.79 Å². The molecule has 0 spiro atoms. The van der Waals surface area contributed by atoms with Gasteiger partial charge in [0.05, 0.1) is 23.9 Å². The monoisotopic (exact) mass is 588 g/mol. The fraction of sp³-hybridized carbons (Fsp3) is 0.115. The number of alkyl halides is 3. The molecule has 0 saturated heterocycles. The van der Waals surface area contributed by atoms with E-state index in [-0.39, 0.29) is 18.0 Å². The van der Waals surface area contributed by atoms with E-state index >= 15 is 0 Å². The summed E-state index contributed by atoms with van der Waals surface area (Å²) < 4.78 is 45.6. The minimum Gasteiger partial charge on any atom is -0.488 e. The summed E-state index contributed by atoms with van der Waals surface area (Å²) in [5, 5.41) is 8.89. The first-order valence-electron chi connectivity index (χ1n) is 10.9. The van der Waals surface area contributed by atoms with Crippen molar-refractivity contribution in [2.24, 2.45) is 5.10 Å².